The number of ether oxygens (including phenoxy) is 4. The third-order valence-corrected chi connectivity index (χ3v) is 3.66. The van der Waals surface area contributed by atoms with Crippen LogP contribution >= 0.6 is 0 Å². The van der Waals surface area contributed by atoms with Gasteiger partial charge in [0.15, 0.2) is 0 Å². The van der Waals surface area contributed by atoms with Crippen molar-refractivity contribution >= 4 is 22.8 Å². The highest BCUT2D eigenvalue weighted by molar-refractivity contribution is 5.94. The van der Waals surface area contributed by atoms with Crippen molar-refractivity contribution in [2.75, 3.05) is 26.4 Å². The van der Waals surface area contributed by atoms with E-state index >= 15 is 0 Å². The van der Waals surface area contributed by atoms with Gasteiger partial charge in [0.2, 0.25) is 0 Å². The molecule has 1 aliphatic heterocycles. The fraction of sp³-hybridized carbons (Fsp3) is 0.263. The van der Waals surface area contributed by atoms with Gasteiger partial charge in [0.25, 0.3) is 0 Å². The zero-order chi connectivity index (χ0) is 18.4. The Kier molecular flexibility index (Phi) is 5.70. The van der Waals surface area contributed by atoms with Crippen LogP contribution in [0.3, 0.4) is 0 Å². The highest BCUT2D eigenvalue weighted by Gasteiger charge is 2.23. The molecule has 3 rings (SSSR count). The number of hydrogen-bond donors (Lipinski definition) is 1. The van der Waals surface area contributed by atoms with Crippen molar-refractivity contribution in [1.82, 2.24) is 5.32 Å². The molecule has 1 fully saturated rings. The van der Waals surface area contributed by atoms with Crippen LogP contribution in [0.15, 0.2) is 49.1 Å². The van der Waals surface area contributed by atoms with Crippen molar-refractivity contribution in [1.29, 1.82) is 0 Å². The summed E-state index contributed by atoms with van der Waals surface area (Å²) < 4.78 is 21.1. The number of fused-ring (bicyclic) bond motifs is 1. The zero-order valence-corrected chi connectivity index (χ0v) is 14.1. The monoisotopic (exact) mass is 357 g/mol. The molecule has 136 valence electrons. The summed E-state index contributed by atoms with van der Waals surface area (Å²) in [6.45, 7) is 4.68. The molecule has 0 aromatic heterocycles. The number of amides is 1. The van der Waals surface area contributed by atoms with Crippen LogP contribution < -0.4 is 14.8 Å². The lowest BCUT2D eigenvalue weighted by Gasteiger charge is -2.12. The molecule has 1 N–H and O–H groups in total. The molecule has 0 saturated carbocycles. The third kappa shape index (κ3) is 4.73. The smallest absolute Gasteiger partial charge is 0.412 e. The van der Waals surface area contributed by atoms with Gasteiger partial charge in [0, 0.05) is 16.8 Å². The molecule has 1 saturated heterocycles. The van der Waals surface area contributed by atoms with Crippen LogP contribution in [-0.2, 0) is 14.3 Å². The quantitative estimate of drug-likeness (QED) is 0.338. The Bertz CT molecular complexity index is 815. The molecule has 1 atom stereocenters. The number of nitrogens with one attached hydrogen (secondary N) is 1. The largest absolute Gasteiger partial charge is 0.490 e. The highest BCUT2D eigenvalue weighted by Crippen LogP contribution is 2.33. The fourth-order valence-electron chi connectivity index (χ4n) is 2.31. The van der Waals surface area contributed by atoms with Gasteiger partial charge in [-0.3, -0.25) is 0 Å². The molecular weight excluding hydrogens is 338 g/mol. The molecule has 26 heavy (non-hydrogen) atoms. The summed E-state index contributed by atoms with van der Waals surface area (Å²) in [5.41, 5.74) is 0. The molecule has 0 radical (unpaired) electrons. The summed E-state index contributed by atoms with van der Waals surface area (Å²) in [7, 11) is 0. The van der Waals surface area contributed by atoms with E-state index in [1.165, 1.54) is 0 Å². The van der Waals surface area contributed by atoms with E-state index < -0.39 is 12.1 Å². The Labute approximate surface area is 150 Å². The minimum Gasteiger partial charge on any atom is -0.490 e. The maximum Gasteiger partial charge on any atom is 0.412 e. The molecule has 1 heterocycles. The van der Waals surface area contributed by atoms with Crippen molar-refractivity contribution in [2.45, 2.75) is 6.10 Å². The first-order valence-corrected chi connectivity index (χ1v) is 8.18. The summed E-state index contributed by atoms with van der Waals surface area (Å²) in [5.74, 6) is 0.578. The van der Waals surface area contributed by atoms with E-state index in [9.17, 15) is 9.59 Å². The normalized spacial score (nSPS) is 15.2. The number of carbonyl (C=O) groups is 2. The van der Waals surface area contributed by atoms with E-state index in [0.29, 0.717) is 18.1 Å². The second-order valence-electron chi connectivity index (χ2n) is 5.56. The van der Waals surface area contributed by atoms with Crippen LogP contribution in [0.2, 0.25) is 0 Å². The van der Waals surface area contributed by atoms with E-state index in [2.05, 4.69) is 11.9 Å². The van der Waals surface area contributed by atoms with Gasteiger partial charge in [-0.1, -0.05) is 30.8 Å². The maximum absolute atomic E-state index is 11.9. The molecule has 7 heteroatoms. The first-order chi connectivity index (χ1) is 12.7. The fourth-order valence-corrected chi connectivity index (χ4v) is 2.31. The van der Waals surface area contributed by atoms with E-state index in [1.807, 2.05) is 24.3 Å². The first kappa shape index (κ1) is 17.8. The summed E-state index contributed by atoms with van der Waals surface area (Å²) in [5, 5.41) is 4.12. The predicted molar refractivity (Wildman–Crippen MR) is 94.4 cm³/mol. The average molecular weight is 357 g/mol. The molecule has 7 nitrogen and oxygen atoms in total. The standard InChI is InChI=1S/C19H19NO6/c1-2-18(21)23-10-9-20-19(22)26-17-8-7-16(25-12-13-11-24-13)14-5-3-4-6-15(14)17/h2-8,13H,1,9-12H2,(H,20,22). The van der Waals surface area contributed by atoms with Gasteiger partial charge in [-0.15, -0.1) is 0 Å². The van der Waals surface area contributed by atoms with Crippen molar-refractivity contribution in [3.8, 4) is 11.5 Å². The summed E-state index contributed by atoms with van der Waals surface area (Å²) in [6, 6.07) is 10.9. The minimum absolute atomic E-state index is 0.0384. The first-order valence-electron chi connectivity index (χ1n) is 8.18. The summed E-state index contributed by atoms with van der Waals surface area (Å²) >= 11 is 0. The maximum atomic E-state index is 11.9. The molecule has 2 aromatic carbocycles. The van der Waals surface area contributed by atoms with Crippen molar-refractivity contribution in [3.63, 3.8) is 0 Å². The molecule has 1 unspecified atom stereocenters. The SMILES string of the molecule is C=CC(=O)OCCNC(=O)Oc1ccc(OCC2CO2)c2ccccc12. The average Bonchev–Trinajstić information content (AvgIpc) is 3.49. The van der Waals surface area contributed by atoms with Gasteiger partial charge in [-0.25, -0.2) is 9.59 Å². The van der Waals surface area contributed by atoms with Crippen molar-refractivity contribution < 1.29 is 28.5 Å². The van der Waals surface area contributed by atoms with Crippen LogP contribution in [-0.4, -0.2) is 44.5 Å². The number of esters is 1. The molecule has 0 bridgehead atoms. The lowest BCUT2D eigenvalue weighted by molar-refractivity contribution is -0.137. The van der Waals surface area contributed by atoms with E-state index in [1.54, 1.807) is 12.1 Å². The Balaban J connectivity index is 1.62. The molecular formula is C19H19NO6. The molecule has 1 amide bonds. The number of rotatable bonds is 8. The molecule has 0 spiro atoms. The Hall–Kier alpha value is -3.06. The molecule has 0 aliphatic carbocycles. The lowest BCUT2D eigenvalue weighted by Crippen LogP contribution is -2.30. The Morgan fingerprint density at radius 3 is 2.58 bits per heavy atom. The topological polar surface area (TPSA) is 86.4 Å². The van der Waals surface area contributed by atoms with Crippen molar-refractivity contribution in [2.24, 2.45) is 0 Å². The van der Waals surface area contributed by atoms with E-state index in [4.69, 9.17) is 18.9 Å². The second-order valence-corrected chi connectivity index (χ2v) is 5.56. The summed E-state index contributed by atoms with van der Waals surface area (Å²) in [6.07, 6.45) is 0.583. The zero-order valence-electron chi connectivity index (χ0n) is 14.1. The molecule has 1 aliphatic rings. The van der Waals surface area contributed by atoms with Gasteiger partial charge < -0.3 is 24.3 Å². The number of benzene rings is 2. The number of epoxide rings is 1. The van der Waals surface area contributed by atoms with Crippen LogP contribution in [0.4, 0.5) is 4.79 Å². The van der Waals surface area contributed by atoms with Crippen LogP contribution in [0.1, 0.15) is 0 Å². The van der Waals surface area contributed by atoms with E-state index in [-0.39, 0.29) is 19.3 Å². The van der Waals surface area contributed by atoms with Crippen molar-refractivity contribution in [3.05, 3.63) is 49.1 Å². The highest BCUT2D eigenvalue weighted by atomic mass is 16.6. The summed E-state index contributed by atoms with van der Waals surface area (Å²) in [4.78, 5) is 22.9. The van der Waals surface area contributed by atoms with Crippen LogP contribution in [0.25, 0.3) is 10.8 Å². The Morgan fingerprint density at radius 1 is 1.19 bits per heavy atom. The predicted octanol–water partition coefficient (Wildman–Crippen LogP) is 2.44. The lowest BCUT2D eigenvalue weighted by atomic mass is 10.1. The minimum atomic E-state index is -0.634. The van der Waals surface area contributed by atoms with Gasteiger partial charge in [0.05, 0.1) is 13.2 Å². The van der Waals surface area contributed by atoms with Gasteiger partial charge in [-0.05, 0) is 12.1 Å². The molecule has 2 aromatic rings. The van der Waals surface area contributed by atoms with Crippen LogP contribution in [0.5, 0.6) is 11.5 Å². The number of hydrogen-bond acceptors (Lipinski definition) is 6. The van der Waals surface area contributed by atoms with Gasteiger partial charge in [0.1, 0.15) is 30.8 Å². The van der Waals surface area contributed by atoms with E-state index in [0.717, 1.165) is 23.5 Å². The second kappa shape index (κ2) is 8.35. The van der Waals surface area contributed by atoms with Gasteiger partial charge >= 0.3 is 12.1 Å². The Morgan fingerprint density at radius 2 is 1.88 bits per heavy atom. The van der Waals surface area contributed by atoms with Crippen LogP contribution in [0, 0.1) is 0 Å². The third-order valence-electron chi connectivity index (χ3n) is 3.66. The van der Waals surface area contributed by atoms with Gasteiger partial charge in [-0.2, -0.15) is 0 Å². The number of carbonyl (C=O) groups excluding carboxylic acids is 2.